The molecule has 0 radical (unpaired) electrons. The van der Waals surface area contributed by atoms with Crippen LogP contribution in [0.5, 0.6) is 0 Å². The zero-order valence-corrected chi connectivity index (χ0v) is 13.8. The first-order valence-corrected chi connectivity index (χ1v) is 8.33. The van der Waals surface area contributed by atoms with E-state index in [1.54, 1.807) is 0 Å². The Balaban J connectivity index is 1.72. The number of unbranched alkanes of at least 4 members (excludes halogenated alkanes) is 1. The number of nitrogens with zero attached hydrogens (tertiary/aromatic N) is 2. The number of hydrogen-bond donors (Lipinski definition) is 2. The number of aromatic amines is 1. The van der Waals surface area contributed by atoms with Crippen LogP contribution in [0.15, 0.2) is 16.2 Å². The maximum atomic E-state index is 11.8. The number of rotatable bonds is 8. The topological polar surface area (TPSA) is 61.0 Å². The molecule has 6 heteroatoms. The van der Waals surface area contributed by atoms with Crippen molar-refractivity contribution < 1.29 is 0 Å². The van der Waals surface area contributed by atoms with E-state index in [1.807, 2.05) is 11.4 Å². The molecule has 0 saturated heterocycles. The summed E-state index contributed by atoms with van der Waals surface area (Å²) in [6.45, 7) is 7.09. The average Bonchev–Trinajstić information content (AvgIpc) is 2.91. The van der Waals surface area contributed by atoms with E-state index in [2.05, 4.69) is 41.1 Å². The van der Waals surface area contributed by atoms with E-state index < -0.39 is 0 Å². The number of aromatic nitrogens is 2. The molecule has 2 N–H and O–H groups in total. The first-order chi connectivity index (χ1) is 10.1. The van der Waals surface area contributed by atoms with Crippen LogP contribution in [0, 0.1) is 0 Å². The van der Waals surface area contributed by atoms with Gasteiger partial charge >= 0.3 is 0 Å². The fourth-order valence-electron chi connectivity index (χ4n) is 2.08. The molecule has 0 amide bonds. The molecule has 2 aromatic heterocycles. The SMILES string of the molecule is CC(C)N(C)CCCCNCc1nc2ccsc2c(=O)[nH]1. The second-order valence-electron chi connectivity index (χ2n) is 5.61. The zero-order valence-electron chi connectivity index (χ0n) is 13.0. The Labute approximate surface area is 129 Å². The van der Waals surface area contributed by atoms with Gasteiger partial charge in [-0.05, 0) is 58.3 Å². The molecule has 5 nitrogen and oxygen atoms in total. The van der Waals surface area contributed by atoms with Gasteiger partial charge < -0.3 is 15.2 Å². The van der Waals surface area contributed by atoms with E-state index in [-0.39, 0.29) is 5.56 Å². The Kier molecular flexibility index (Phi) is 5.90. The molecule has 2 heterocycles. The minimum atomic E-state index is -0.0367. The fraction of sp³-hybridized carbons (Fsp3) is 0.600. The van der Waals surface area contributed by atoms with E-state index >= 15 is 0 Å². The van der Waals surface area contributed by atoms with Crippen LogP contribution in [-0.2, 0) is 6.54 Å². The smallest absolute Gasteiger partial charge is 0.268 e. The van der Waals surface area contributed by atoms with Gasteiger partial charge in [0, 0.05) is 6.04 Å². The highest BCUT2D eigenvalue weighted by atomic mass is 32.1. The van der Waals surface area contributed by atoms with Gasteiger partial charge in [0.2, 0.25) is 0 Å². The minimum Gasteiger partial charge on any atom is -0.310 e. The van der Waals surface area contributed by atoms with Gasteiger partial charge in [-0.1, -0.05) is 0 Å². The summed E-state index contributed by atoms with van der Waals surface area (Å²) in [5, 5.41) is 5.24. The quantitative estimate of drug-likeness (QED) is 0.734. The van der Waals surface area contributed by atoms with Gasteiger partial charge in [-0.2, -0.15) is 0 Å². The van der Waals surface area contributed by atoms with Gasteiger partial charge in [0.05, 0.1) is 12.1 Å². The Morgan fingerprint density at radius 3 is 3.00 bits per heavy atom. The number of hydrogen-bond acceptors (Lipinski definition) is 5. The first-order valence-electron chi connectivity index (χ1n) is 7.45. The molecular formula is C15H24N4OS. The van der Waals surface area contributed by atoms with E-state index in [9.17, 15) is 4.79 Å². The summed E-state index contributed by atoms with van der Waals surface area (Å²) in [5.74, 6) is 0.713. The highest BCUT2D eigenvalue weighted by Gasteiger charge is 2.05. The molecule has 2 aromatic rings. The summed E-state index contributed by atoms with van der Waals surface area (Å²) >= 11 is 1.43. The number of fused-ring (bicyclic) bond motifs is 1. The van der Waals surface area contributed by atoms with Crippen molar-refractivity contribution in [2.75, 3.05) is 20.1 Å². The molecule has 0 saturated carbocycles. The van der Waals surface area contributed by atoms with Crippen LogP contribution in [0.4, 0.5) is 0 Å². The third-order valence-electron chi connectivity index (χ3n) is 3.65. The van der Waals surface area contributed by atoms with E-state index in [1.165, 1.54) is 17.8 Å². The molecule has 116 valence electrons. The van der Waals surface area contributed by atoms with Crippen LogP contribution in [-0.4, -0.2) is 41.0 Å². The van der Waals surface area contributed by atoms with Crippen molar-refractivity contribution in [1.82, 2.24) is 20.2 Å². The van der Waals surface area contributed by atoms with E-state index in [4.69, 9.17) is 0 Å². The Morgan fingerprint density at radius 2 is 2.24 bits per heavy atom. The minimum absolute atomic E-state index is 0.0367. The van der Waals surface area contributed by atoms with Crippen molar-refractivity contribution in [3.63, 3.8) is 0 Å². The molecule has 0 aliphatic heterocycles. The van der Waals surface area contributed by atoms with Gasteiger partial charge in [0.1, 0.15) is 10.5 Å². The van der Waals surface area contributed by atoms with Crippen molar-refractivity contribution in [2.24, 2.45) is 0 Å². The Morgan fingerprint density at radius 1 is 1.43 bits per heavy atom. The summed E-state index contributed by atoms with van der Waals surface area (Å²) in [5.41, 5.74) is 0.754. The second kappa shape index (κ2) is 7.68. The average molecular weight is 308 g/mol. The molecule has 0 atom stereocenters. The molecular weight excluding hydrogens is 284 g/mol. The lowest BCUT2D eigenvalue weighted by molar-refractivity contribution is 0.268. The lowest BCUT2D eigenvalue weighted by atomic mass is 10.2. The largest absolute Gasteiger partial charge is 0.310 e. The molecule has 0 aliphatic carbocycles. The molecule has 0 aromatic carbocycles. The van der Waals surface area contributed by atoms with Gasteiger partial charge in [0.15, 0.2) is 0 Å². The maximum Gasteiger partial charge on any atom is 0.268 e. The van der Waals surface area contributed by atoms with Crippen molar-refractivity contribution in [1.29, 1.82) is 0 Å². The van der Waals surface area contributed by atoms with Crippen LogP contribution in [0.3, 0.4) is 0 Å². The van der Waals surface area contributed by atoms with Crippen molar-refractivity contribution in [3.8, 4) is 0 Å². The summed E-state index contributed by atoms with van der Waals surface area (Å²) in [6, 6.07) is 2.49. The second-order valence-corrected chi connectivity index (χ2v) is 6.52. The van der Waals surface area contributed by atoms with Gasteiger partial charge in [-0.3, -0.25) is 4.79 Å². The molecule has 21 heavy (non-hydrogen) atoms. The molecule has 0 fully saturated rings. The number of thiophene rings is 1. The van der Waals surface area contributed by atoms with Gasteiger partial charge in [0.25, 0.3) is 5.56 Å². The molecule has 0 spiro atoms. The van der Waals surface area contributed by atoms with Crippen LogP contribution in [0.1, 0.15) is 32.5 Å². The van der Waals surface area contributed by atoms with Gasteiger partial charge in [-0.25, -0.2) is 4.98 Å². The lowest BCUT2D eigenvalue weighted by Crippen LogP contribution is -2.28. The maximum absolute atomic E-state index is 11.8. The fourth-order valence-corrected chi connectivity index (χ4v) is 2.81. The molecule has 0 unspecified atom stereocenters. The standard InChI is InChI=1S/C15H24N4OS/c1-11(2)19(3)8-5-4-7-16-10-13-17-12-6-9-21-14(12)15(20)18-13/h6,9,11,16H,4-5,7-8,10H2,1-3H3,(H,17,18,20). The van der Waals surface area contributed by atoms with Crippen molar-refractivity contribution in [3.05, 3.63) is 27.6 Å². The Bertz CT molecular complexity index is 619. The van der Waals surface area contributed by atoms with Crippen LogP contribution < -0.4 is 10.9 Å². The monoisotopic (exact) mass is 308 g/mol. The molecule has 0 bridgehead atoms. The number of nitrogens with one attached hydrogen (secondary N) is 2. The highest BCUT2D eigenvalue weighted by molar-refractivity contribution is 7.17. The van der Waals surface area contributed by atoms with Crippen LogP contribution in [0.2, 0.25) is 0 Å². The summed E-state index contributed by atoms with van der Waals surface area (Å²) in [6.07, 6.45) is 2.30. The van der Waals surface area contributed by atoms with E-state index in [0.29, 0.717) is 23.1 Å². The first kappa shape index (κ1) is 16.1. The summed E-state index contributed by atoms with van der Waals surface area (Å²) in [4.78, 5) is 21.4. The summed E-state index contributed by atoms with van der Waals surface area (Å²) < 4.78 is 0.704. The van der Waals surface area contributed by atoms with Crippen molar-refractivity contribution in [2.45, 2.75) is 39.3 Å². The molecule has 2 rings (SSSR count). The van der Waals surface area contributed by atoms with Crippen LogP contribution >= 0.6 is 11.3 Å². The van der Waals surface area contributed by atoms with Gasteiger partial charge in [-0.15, -0.1) is 11.3 Å². The molecule has 0 aliphatic rings. The Hall–Kier alpha value is -1.24. The normalized spacial score (nSPS) is 11.9. The predicted molar refractivity (Wildman–Crippen MR) is 88.9 cm³/mol. The zero-order chi connectivity index (χ0) is 15.2. The van der Waals surface area contributed by atoms with Crippen LogP contribution in [0.25, 0.3) is 10.2 Å². The van der Waals surface area contributed by atoms with Crippen molar-refractivity contribution >= 4 is 21.6 Å². The number of H-pyrrole nitrogens is 1. The summed E-state index contributed by atoms with van der Waals surface area (Å²) in [7, 11) is 2.16. The third kappa shape index (κ3) is 4.62. The third-order valence-corrected chi connectivity index (χ3v) is 4.55. The van der Waals surface area contributed by atoms with E-state index in [0.717, 1.165) is 25.0 Å². The highest BCUT2D eigenvalue weighted by Crippen LogP contribution is 2.13. The predicted octanol–water partition coefficient (Wildman–Crippen LogP) is 2.19. The lowest BCUT2D eigenvalue weighted by Gasteiger charge is -2.20.